The molecule has 1 aliphatic carbocycles. The summed E-state index contributed by atoms with van der Waals surface area (Å²) in [6, 6.07) is 0. The van der Waals surface area contributed by atoms with Crippen molar-refractivity contribution in [1.82, 2.24) is 0 Å². The molecule has 1 rings (SSSR count). The van der Waals surface area contributed by atoms with E-state index in [9.17, 15) is 17.6 Å². The number of alkyl halides is 1. The van der Waals surface area contributed by atoms with Crippen LogP contribution in [0, 0.1) is 0 Å². The Bertz CT molecular complexity index is 269. The van der Waals surface area contributed by atoms with Gasteiger partial charge in [-0.25, -0.2) is 17.6 Å². The zero-order valence-corrected chi connectivity index (χ0v) is 5.56. The van der Waals surface area contributed by atoms with Gasteiger partial charge in [-0.15, -0.1) is 0 Å². The van der Waals surface area contributed by atoms with Gasteiger partial charge in [-0.1, -0.05) is 0 Å². The van der Waals surface area contributed by atoms with E-state index in [1.165, 1.54) is 0 Å². The van der Waals surface area contributed by atoms with Crippen molar-refractivity contribution in [2.75, 3.05) is 0 Å². The minimum Gasteiger partial charge on any atom is -0.382 e. The van der Waals surface area contributed by atoms with Crippen LogP contribution in [0.25, 0.3) is 0 Å². The summed E-state index contributed by atoms with van der Waals surface area (Å²) in [6.07, 6.45) is -2.39. The Morgan fingerprint density at radius 1 is 1.33 bits per heavy atom. The van der Waals surface area contributed by atoms with Crippen molar-refractivity contribution >= 4 is 0 Å². The number of aliphatic hydroxyl groups is 2. The van der Waals surface area contributed by atoms with Crippen molar-refractivity contribution in [2.24, 2.45) is 0 Å². The fraction of sp³-hybridized carbons (Fsp3) is 0.333. The van der Waals surface area contributed by atoms with Gasteiger partial charge in [0.1, 0.15) is 6.10 Å². The van der Waals surface area contributed by atoms with Crippen LogP contribution in [0.15, 0.2) is 23.6 Å². The van der Waals surface area contributed by atoms with E-state index in [4.69, 9.17) is 10.2 Å². The summed E-state index contributed by atoms with van der Waals surface area (Å²) < 4.78 is 49.2. The number of hydrogen-bond acceptors (Lipinski definition) is 2. The molecule has 0 aromatic carbocycles. The number of aliphatic hydroxyl groups excluding tert-OH is 1. The van der Waals surface area contributed by atoms with E-state index in [1.807, 2.05) is 0 Å². The first kappa shape index (κ1) is 9.21. The lowest BCUT2D eigenvalue weighted by Gasteiger charge is -2.23. The van der Waals surface area contributed by atoms with Gasteiger partial charge in [0, 0.05) is 0 Å². The highest BCUT2D eigenvalue weighted by molar-refractivity contribution is 5.33. The average molecular weight is 184 g/mol. The van der Waals surface area contributed by atoms with Crippen molar-refractivity contribution in [3.8, 4) is 0 Å². The summed E-state index contributed by atoms with van der Waals surface area (Å²) >= 11 is 0. The maximum atomic E-state index is 12.5. The van der Waals surface area contributed by atoms with Crippen LogP contribution in [0.4, 0.5) is 17.6 Å². The van der Waals surface area contributed by atoms with E-state index in [2.05, 4.69) is 0 Å². The second-order valence-electron chi connectivity index (χ2n) is 2.26. The van der Waals surface area contributed by atoms with Crippen LogP contribution in [0.2, 0.25) is 0 Å². The fourth-order valence-electron chi connectivity index (χ4n) is 0.711. The SMILES string of the molecule is OC1C=C(F)C(F)=C(F)C1(O)F. The molecule has 2 atom stereocenters. The number of allylic oxidation sites excluding steroid dienone is 2. The van der Waals surface area contributed by atoms with Gasteiger partial charge in [-0.05, 0) is 6.08 Å². The minimum atomic E-state index is -3.88. The molecule has 6 heteroatoms. The number of hydrogen-bond donors (Lipinski definition) is 2. The third-order valence-corrected chi connectivity index (χ3v) is 1.41. The molecule has 0 saturated carbocycles. The van der Waals surface area contributed by atoms with Gasteiger partial charge < -0.3 is 10.2 Å². The van der Waals surface area contributed by atoms with Crippen LogP contribution < -0.4 is 0 Å². The number of halogens is 4. The van der Waals surface area contributed by atoms with Crippen LogP contribution in [0.1, 0.15) is 0 Å². The molecule has 2 nitrogen and oxygen atoms in total. The Morgan fingerprint density at radius 2 is 1.83 bits per heavy atom. The lowest BCUT2D eigenvalue weighted by atomic mass is 10.0. The quantitative estimate of drug-likeness (QED) is 0.552. The van der Waals surface area contributed by atoms with E-state index >= 15 is 0 Å². The highest BCUT2D eigenvalue weighted by atomic mass is 19.2. The van der Waals surface area contributed by atoms with Crippen molar-refractivity contribution in [3.63, 3.8) is 0 Å². The monoisotopic (exact) mass is 184 g/mol. The lowest BCUT2D eigenvalue weighted by Crippen LogP contribution is -2.39. The second kappa shape index (κ2) is 2.56. The van der Waals surface area contributed by atoms with Gasteiger partial charge in [0.2, 0.25) is 5.83 Å². The van der Waals surface area contributed by atoms with E-state index in [-0.39, 0.29) is 6.08 Å². The summed E-state index contributed by atoms with van der Waals surface area (Å²) in [5.41, 5.74) is 0. The van der Waals surface area contributed by atoms with Crippen molar-refractivity contribution in [1.29, 1.82) is 0 Å². The smallest absolute Gasteiger partial charge is 0.292 e. The molecule has 0 spiro atoms. The van der Waals surface area contributed by atoms with Crippen LogP contribution in [0.3, 0.4) is 0 Å². The fourth-order valence-corrected chi connectivity index (χ4v) is 0.711. The van der Waals surface area contributed by atoms with Gasteiger partial charge >= 0.3 is 0 Å². The molecule has 0 amide bonds. The maximum Gasteiger partial charge on any atom is 0.292 e. The van der Waals surface area contributed by atoms with Crippen molar-refractivity contribution in [3.05, 3.63) is 23.6 Å². The topological polar surface area (TPSA) is 40.5 Å². The molecule has 1 aliphatic rings. The van der Waals surface area contributed by atoms with Crippen molar-refractivity contribution < 1.29 is 27.8 Å². The van der Waals surface area contributed by atoms with Gasteiger partial charge in [0.15, 0.2) is 11.7 Å². The molecule has 0 aromatic rings. The largest absolute Gasteiger partial charge is 0.382 e. The molecule has 0 radical (unpaired) electrons. The molecule has 12 heavy (non-hydrogen) atoms. The first-order valence-corrected chi connectivity index (χ1v) is 2.90. The molecule has 0 saturated heterocycles. The van der Waals surface area contributed by atoms with Crippen LogP contribution >= 0.6 is 0 Å². The summed E-state index contributed by atoms with van der Waals surface area (Å²) in [7, 11) is 0. The molecule has 0 heterocycles. The zero-order valence-electron chi connectivity index (χ0n) is 5.56. The lowest BCUT2D eigenvalue weighted by molar-refractivity contribution is -0.140. The minimum absolute atomic E-state index is 0.0401. The second-order valence-corrected chi connectivity index (χ2v) is 2.26. The van der Waals surface area contributed by atoms with Gasteiger partial charge in [0.25, 0.3) is 5.85 Å². The molecular weight excluding hydrogens is 180 g/mol. The molecule has 0 bridgehead atoms. The van der Waals surface area contributed by atoms with Gasteiger partial charge in [-0.3, -0.25) is 0 Å². The summed E-state index contributed by atoms with van der Waals surface area (Å²) in [5.74, 6) is -10.1. The Balaban J connectivity index is 3.18. The Hall–Kier alpha value is -0.880. The molecule has 68 valence electrons. The molecular formula is C6H4F4O2. The highest BCUT2D eigenvalue weighted by Gasteiger charge is 2.46. The standard InChI is InChI=1S/C6H4F4O2/c7-2-1-3(11)6(10,12)5(9)4(2)8/h1,3,11-12H. The molecule has 0 aliphatic heterocycles. The predicted molar refractivity (Wildman–Crippen MR) is 30.5 cm³/mol. The normalized spacial score (nSPS) is 36.8. The van der Waals surface area contributed by atoms with Gasteiger partial charge in [0.05, 0.1) is 0 Å². The molecule has 0 aromatic heterocycles. The van der Waals surface area contributed by atoms with E-state index in [0.717, 1.165) is 0 Å². The summed E-state index contributed by atoms with van der Waals surface area (Å²) in [5, 5.41) is 16.9. The first-order chi connectivity index (χ1) is 5.37. The van der Waals surface area contributed by atoms with Crippen LogP contribution in [0.5, 0.6) is 0 Å². The van der Waals surface area contributed by atoms with Crippen molar-refractivity contribution in [2.45, 2.75) is 12.0 Å². The Labute approximate surface area is 64.4 Å². The van der Waals surface area contributed by atoms with E-state index < -0.39 is 29.4 Å². The van der Waals surface area contributed by atoms with E-state index in [1.54, 1.807) is 0 Å². The Kier molecular flexibility index (Phi) is 1.97. The first-order valence-electron chi connectivity index (χ1n) is 2.90. The highest BCUT2D eigenvalue weighted by Crippen LogP contribution is 2.36. The van der Waals surface area contributed by atoms with E-state index in [0.29, 0.717) is 0 Å². The third-order valence-electron chi connectivity index (χ3n) is 1.41. The molecule has 2 N–H and O–H groups in total. The van der Waals surface area contributed by atoms with Crippen LogP contribution in [-0.4, -0.2) is 22.2 Å². The average Bonchev–Trinajstić information content (AvgIpc) is 1.99. The zero-order chi connectivity index (χ0) is 9.52. The maximum absolute atomic E-state index is 12.5. The third kappa shape index (κ3) is 1.12. The number of rotatable bonds is 0. The molecule has 0 fully saturated rings. The summed E-state index contributed by atoms with van der Waals surface area (Å²) in [4.78, 5) is 0. The molecule has 2 unspecified atom stereocenters. The summed E-state index contributed by atoms with van der Waals surface area (Å²) in [6.45, 7) is 0. The Morgan fingerprint density at radius 3 is 2.33 bits per heavy atom. The predicted octanol–water partition coefficient (Wildman–Crippen LogP) is 1.02. The van der Waals surface area contributed by atoms with Crippen LogP contribution in [-0.2, 0) is 0 Å². The van der Waals surface area contributed by atoms with Gasteiger partial charge in [-0.2, -0.15) is 0 Å².